The molecule has 1 fully saturated rings. The van der Waals surface area contributed by atoms with Crippen molar-refractivity contribution in [2.75, 3.05) is 11.9 Å². The maximum atomic E-state index is 10.9. The number of nitrogens with zero attached hydrogens (tertiary/aromatic N) is 2. The van der Waals surface area contributed by atoms with E-state index in [1.807, 2.05) is 17.7 Å². The summed E-state index contributed by atoms with van der Waals surface area (Å²) in [5.41, 5.74) is -0.537. The zero-order valence-corrected chi connectivity index (χ0v) is 8.73. The molecule has 82 valence electrons. The minimum absolute atomic E-state index is 0.472. The SMILES string of the molecule is CCn1ccnc1NCC1(C(=O)O)CC1. The maximum absolute atomic E-state index is 10.9. The van der Waals surface area contributed by atoms with Gasteiger partial charge in [-0.15, -0.1) is 0 Å². The molecule has 1 aromatic rings. The molecule has 1 aliphatic carbocycles. The van der Waals surface area contributed by atoms with Gasteiger partial charge in [0.15, 0.2) is 0 Å². The summed E-state index contributed by atoms with van der Waals surface area (Å²) in [4.78, 5) is 15.1. The monoisotopic (exact) mass is 209 g/mol. The highest BCUT2D eigenvalue weighted by atomic mass is 16.4. The van der Waals surface area contributed by atoms with Crippen LogP contribution in [0.1, 0.15) is 19.8 Å². The van der Waals surface area contributed by atoms with E-state index in [1.165, 1.54) is 0 Å². The first-order valence-corrected chi connectivity index (χ1v) is 5.16. The Morgan fingerprint density at radius 3 is 3.00 bits per heavy atom. The van der Waals surface area contributed by atoms with E-state index >= 15 is 0 Å². The van der Waals surface area contributed by atoms with E-state index < -0.39 is 11.4 Å². The van der Waals surface area contributed by atoms with Crippen molar-refractivity contribution in [1.82, 2.24) is 9.55 Å². The molecule has 0 unspecified atom stereocenters. The molecule has 1 heterocycles. The molecule has 0 spiro atoms. The molecule has 0 atom stereocenters. The van der Waals surface area contributed by atoms with Crippen LogP contribution in [0.15, 0.2) is 12.4 Å². The molecular weight excluding hydrogens is 194 g/mol. The third-order valence-corrected chi connectivity index (χ3v) is 2.95. The number of carboxylic acid groups (broad SMARTS) is 1. The van der Waals surface area contributed by atoms with Crippen LogP contribution in [0, 0.1) is 5.41 Å². The van der Waals surface area contributed by atoms with Crippen molar-refractivity contribution in [2.45, 2.75) is 26.3 Å². The topological polar surface area (TPSA) is 67.2 Å². The Morgan fingerprint density at radius 1 is 1.73 bits per heavy atom. The van der Waals surface area contributed by atoms with Crippen molar-refractivity contribution in [2.24, 2.45) is 5.41 Å². The van der Waals surface area contributed by atoms with Gasteiger partial charge in [0, 0.05) is 25.5 Å². The summed E-state index contributed by atoms with van der Waals surface area (Å²) in [5, 5.41) is 12.1. The van der Waals surface area contributed by atoms with Crippen molar-refractivity contribution in [3.05, 3.63) is 12.4 Å². The van der Waals surface area contributed by atoms with Gasteiger partial charge in [-0.05, 0) is 19.8 Å². The third kappa shape index (κ3) is 1.82. The molecule has 1 aliphatic rings. The lowest BCUT2D eigenvalue weighted by Crippen LogP contribution is -2.25. The molecule has 0 radical (unpaired) electrons. The van der Waals surface area contributed by atoms with Gasteiger partial charge in [-0.2, -0.15) is 0 Å². The Morgan fingerprint density at radius 2 is 2.47 bits per heavy atom. The molecule has 2 rings (SSSR count). The molecular formula is C10H15N3O2. The van der Waals surface area contributed by atoms with Crippen LogP contribution < -0.4 is 5.32 Å². The second-order valence-electron chi connectivity index (χ2n) is 3.98. The second kappa shape index (κ2) is 3.56. The molecule has 0 amide bonds. The number of aryl methyl sites for hydroxylation is 1. The van der Waals surface area contributed by atoms with Gasteiger partial charge in [0.25, 0.3) is 0 Å². The van der Waals surface area contributed by atoms with Crippen molar-refractivity contribution in [3.8, 4) is 0 Å². The van der Waals surface area contributed by atoms with Gasteiger partial charge >= 0.3 is 5.97 Å². The van der Waals surface area contributed by atoms with E-state index in [0.29, 0.717) is 6.54 Å². The molecule has 5 nitrogen and oxygen atoms in total. The van der Waals surface area contributed by atoms with Crippen LogP contribution in [0.5, 0.6) is 0 Å². The van der Waals surface area contributed by atoms with Crippen molar-refractivity contribution >= 4 is 11.9 Å². The quantitative estimate of drug-likeness (QED) is 0.764. The number of anilines is 1. The van der Waals surface area contributed by atoms with Gasteiger partial charge in [-0.1, -0.05) is 0 Å². The lowest BCUT2D eigenvalue weighted by Gasteiger charge is -2.12. The normalized spacial score (nSPS) is 17.4. The summed E-state index contributed by atoms with van der Waals surface area (Å²) in [6.07, 6.45) is 5.12. The summed E-state index contributed by atoms with van der Waals surface area (Å²) in [6.45, 7) is 3.33. The summed E-state index contributed by atoms with van der Waals surface area (Å²) >= 11 is 0. The zero-order chi connectivity index (χ0) is 10.9. The van der Waals surface area contributed by atoms with E-state index in [-0.39, 0.29) is 0 Å². The number of rotatable bonds is 5. The predicted octanol–water partition coefficient (Wildman–Crippen LogP) is 1.18. The van der Waals surface area contributed by atoms with Gasteiger partial charge < -0.3 is 15.0 Å². The largest absolute Gasteiger partial charge is 0.481 e. The highest BCUT2D eigenvalue weighted by Crippen LogP contribution is 2.45. The number of aromatic nitrogens is 2. The van der Waals surface area contributed by atoms with Crippen LogP contribution in [0.4, 0.5) is 5.95 Å². The molecule has 1 saturated carbocycles. The van der Waals surface area contributed by atoms with E-state index in [0.717, 1.165) is 25.3 Å². The van der Waals surface area contributed by atoms with Gasteiger partial charge in [-0.3, -0.25) is 4.79 Å². The molecule has 5 heteroatoms. The number of hydrogen-bond acceptors (Lipinski definition) is 3. The first-order valence-electron chi connectivity index (χ1n) is 5.16. The summed E-state index contributed by atoms with van der Waals surface area (Å²) in [6, 6.07) is 0. The Kier molecular flexibility index (Phi) is 2.38. The smallest absolute Gasteiger partial charge is 0.311 e. The highest BCUT2D eigenvalue weighted by molar-refractivity contribution is 5.78. The number of carbonyl (C=O) groups is 1. The van der Waals surface area contributed by atoms with Gasteiger partial charge in [-0.25, -0.2) is 4.98 Å². The average Bonchev–Trinajstić information content (AvgIpc) is 2.88. The maximum Gasteiger partial charge on any atom is 0.311 e. The minimum atomic E-state index is -0.704. The third-order valence-electron chi connectivity index (χ3n) is 2.95. The fraction of sp³-hybridized carbons (Fsp3) is 0.600. The summed E-state index contributed by atoms with van der Waals surface area (Å²) in [7, 11) is 0. The van der Waals surface area contributed by atoms with E-state index in [9.17, 15) is 4.79 Å². The fourth-order valence-electron chi connectivity index (χ4n) is 1.60. The van der Waals surface area contributed by atoms with Gasteiger partial charge in [0.2, 0.25) is 5.95 Å². The van der Waals surface area contributed by atoms with E-state index in [2.05, 4.69) is 10.3 Å². The van der Waals surface area contributed by atoms with Crippen LogP contribution in [0.2, 0.25) is 0 Å². The number of imidazole rings is 1. The minimum Gasteiger partial charge on any atom is -0.481 e. The molecule has 0 aliphatic heterocycles. The molecule has 1 aromatic heterocycles. The Balaban J connectivity index is 1.96. The molecule has 0 saturated heterocycles. The summed E-state index contributed by atoms with van der Waals surface area (Å²) < 4.78 is 1.96. The lowest BCUT2D eigenvalue weighted by atomic mass is 10.1. The number of hydrogen-bond donors (Lipinski definition) is 2. The molecule has 15 heavy (non-hydrogen) atoms. The average molecular weight is 209 g/mol. The first-order chi connectivity index (χ1) is 7.18. The van der Waals surface area contributed by atoms with Crippen LogP contribution in [0.25, 0.3) is 0 Å². The van der Waals surface area contributed by atoms with Crippen molar-refractivity contribution in [1.29, 1.82) is 0 Å². The predicted molar refractivity (Wildman–Crippen MR) is 55.7 cm³/mol. The summed E-state index contributed by atoms with van der Waals surface area (Å²) in [5.74, 6) is 0.0506. The lowest BCUT2D eigenvalue weighted by molar-refractivity contribution is -0.142. The second-order valence-corrected chi connectivity index (χ2v) is 3.98. The Hall–Kier alpha value is -1.52. The van der Waals surface area contributed by atoms with Crippen LogP contribution in [0.3, 0.4) is 0 Å². The van der Waals surface area contributed by atoms with Gasteiger partial charge in [0.05, 0.1) is 5.41 Å². The molecule has 0 aromatic carbocycles. The van der Waals surface area contributed by atoms with Crippen LogP contribution in [-0.4, -0.2) is 27.2 Å². The van der Waals surface area contributed by atoms with Crippen LogP contribution in [-0.2, 0) is 11.3 Å². The molecule has 0 bridgehead atoms. The Bertz CT molecular complexity index is 368. The van der Waals surface area contributed by atoms with E-state index in [4.69, 9.17) is 5.11 Å². The number of nitrogens with one attached hydrogen (secondary N) is 1. The van der Waals surface area contributed by atoms with Crippen molar-refractivity contribution in [3.63, 3.8) is 0 Å². The standard InChI is InChI=1S/C10H15N3O2/c1-2-13-6-5-11-9(13)12-7-10(3-4-10)8(14)15/h5-6H,2-4,7H2,1H3,(H,11,12)(H,14,15). The van der Waals surface area contributed by atoms with Gasteiger partial charge in [0.1, 0.15) is 0 Å². The molecule has 2 N–H and O–H groups in total. The fourth-order valence-corrected chi connectivity index (χ4v) is 1.60. The zero-order valence-electron chi connectivity index (χ0n) is 8.73. The first kappa shape index (κ1) is 10.0. The highest BCUT2D eigenvalue weighted by Gasteiger charge is 2.50. The number of aliphatic carboxylic acids is 1. The van der Waals surface area contributed by atoms with E-state index in [1.54, 1.807) is 6.20 Å². The van der Waals surface area contributed by atoms with Crippen molar-refractivity contribution < 1.29 is 9.90 Å². The number of carboxylic acids is 1. The van der Waals surface area contributed by atoms with Crippen LogP contribution >= 0.6 is 0 Å². The Labute approximate surface area is 88.1 Å².